The molecular formula is C25H17F2N5O4. The van der Waals surface area contributed by atoms with E-state index in [-0.39, 0.29) is 39.9 Å². The highest BCUT2D eigenvalue weighted by Gasteiger charge is 2.28. The van der Waals surface area contributed by atoms with Crippen LogP contribution in [0.25, 0.3) is 27.9 Å². The lowest BCUT2D eigenvalue weighted by molar-refractivity contribution is -0.384. The van der Waals surface area contributed by atoms with Crippen molar-refractivity contribution in [3.05, 3.63) is 87.9 Å². The van der Waals surface area contributed by atoms with Crippen LogP contribution in [0.15, 0.2) is 65.1 Å². The van der Waals surface area contributed by atoms with E-state index in [0.717, 1.165) is 22.9 Å². The van der Waals surface area contributed by atoms with Crippen molar-refractivity contribution in [1.82, 2.24) is 14.6 Å². The highest BCUT2D eigenvalue weighted by molar-refractivity contribution is 6.09. The molecule has 36 heavy (non-hydrogen) atoms. The van der Waals surface area contributed by atoms with Gasteiger partial charge in [0.2, 0.25) is 0 Å². The fraction of sp³-hybridized carbons (Fsp3) is 0.160. The van der Waals surface area contributed by atoms with E-state index in [1.54, 1.807) is 6.07 Å². The third-order valence-corrected chi connectivity index (χ3v) is 6.07. The molecule has 180 valence electrons. The first kappa shape index (κ1) is 21.8. The van der Waals surface area contributed by atoms with Crippen LogP contribution in [0.1, 0.15) is 47.1 Å². The number of amides is 1. The first-order valence-electron chi connectivity index (χ1n) is 11.1. The second kappa shape index (κ2) is 8.22. The lowest BCUT2D eigenvalue weighted by Crippen LogP contribution is -2.13. The summed E-state index contributed by atoms with van der Waals surface area (Å²) in [6, 6.07) is 16.0. The number of nitrogens with one attached hydrogen (secondary N) is 1. The van der Waals surface area contributed by atoms with Crippen LogP contribution in [0.5, 0.6) is 0 Å². The SMILES string of the molecule is O=C(Nc1cc([N+](=O)[O-])cc2oc(-c3ccccc3)cc12)c1cc2nc(C3CC3)cc(C(F)F)n2n1. The van der Waals surface area contributed by atoms with Gasteiger partial charge in [0.05, 0.1) is 16.7 Å². The molecule has 1 fully saturated rings. The van der Waals surface area contributed by atoms with Crippen LogP contribution in [-0.2, 0) is 0 Å². The number of nitro groups is 1. The monoisotopic (exact) mass is 489 g/mol. The summed E-state index contributed by atoms with van der Waals surface area (Å²) in [4.78, 5) is 28.4. The number of anilines is 1. The lowest BCUT2D eigenvalue weighted by Gasteiger charge is -2.06. The molecule has 9 nitrogen and oxygen atoms in total. The van der Waals surface area contributed by atoms with Crippen LogP contribution in [0.2, 0.25) is 0 Å². The number of nitrogens with zero attached hydrogens (tertiary/aromatic N) is 4. The zero-order valence-electron chi connectivity index (χ0n) is 18.5. The van der Waals surface area contributed by atoms with Crippen LogP contribution >= 0.6 is 0 Å². The molecule has 0 unspecified atom stereocenters. The number of alkyl halides is 2. The molecule has 1 amide bonds. The Morgan fingerprint density at radius 2 is 1.92 bits per heavy atom. The zero-order valence-corrected chi connectivity index (χ0v) is 18.5. The van der Waals surface area contributed by atoms with E-state index in [1.165, 1.54) is 24.3 Å². The fourth-order valence-electron chi connectivity index (χ4n) is 4.14. The molecule has 0 atom stereocenters. The highest BCUT2D eigenvalue weighted by Crippen LogP contribution is 2.40. The number of aromatic nitrogens is 3. The second-order valence-corrected chi connectivity index (χ2v) is 8.57. The topological polar surface area (TPSA) is 116 Å². The van der Waals surface area contributed by atoms with Crippen LogP contribution in [-0.4, -0.2) is 25.4 Å². The first-order valence-corrected chi connectivity index (χ1v) is 11.1. The van der Waals surface area contributed by atoms with Gasteiger partial charge in [0.1, 0.15) is 17.0 Å². The Labute approximate surface area is 201 Å². The number of nitro benzene ring substituents is 1. The third kappa shape index (κ3) is 3.84. The molecule has 0 radical (unpaired) electrons. The quantitative estimate of drug-likeness (QED) is 0.227. The molecule has 5 aromatic rings. The Bertz CT molecular complexity index is 1660. The van der Waals surface area contributed by atoms with E-state index in [0.29, 0.717) is 16.8 Å². The highest BCUT2D eigenvalue weighted by atomic mass is 19.3. The number of fused-ring (bicyclic) bond motifs is 2. The van der Waals surface area contributed by atoms with E-state index in [1.807, 2.05) is 30.3 Å². The van der Waals surface area contributed by atoms with Crippen molar-refractivity contribution >= 4 is 33.9 Å². The van der Waals surface area contributed by atoms with Crippen LogP contribution in [0.3, 0.4) is 0 Å². The first-order chi connectivity index (χ1) is 17.4. The number of halogens is 2. The number of rotatable bonds is 6. The normalized spacial score (nSPS) is 13.5. The number of non-ortho nitro benzene ring substituents is 1. The molecule has 0 spiro atoms. The molecule has 1 saturated carbocycles. The molecule has 0 bridgehead atoms. The summed E-state index contributed by atoms with van der Waals surface area (Å²) in [5.74, 6) is -0.122. The van der Waals surface area contributed by atoms with Crippen molar-refractivity contribution in [2.24, 2.45) is 0 Å². The molecule has 2 aromatic carbocycles. The summed E-state index contributed by atoms with van der Waals surface area (Å²) in [7, 11) is 0. The van der Waals surface area contributed by atoms with Crippen molar-refractivity contribution in [2.75, 3.05) is 5.32 Å². The minimum atomic E-state index is -2.80. The van der Waals surface area contributed by atoms with Gasteiger partial charge in [0.25, 0.3) is 18.0 Å². The number of hydrogen-bond donors (Lipinski definition) is 1. The van der Waals surface area contributed by atoms with E-state index in [2.05, 4.69) is 15.4 Å². The van der Waals surface area contributed by atoms with Crippen molar-refractivity contribution in [1.29, 1.82) is 0 Å². The zero-order chi connectivity index (χ0) is 25.0. The molecule has 11 heteroatoms. The maximum atomic E-state index is 13.7. The Balaban J connectivity index is 1.40. The summed E-state index contributed by atoms with van der Waals surface area (Å²) in [6.45, 7) is 0. The van der Waals surface area contributed by atoms with Crippen molar-refractivity contribution in [2.45, 2.75) is 25.2 Å². The minimum Gasteiger partial charge on any atom is -0.456 e. The minimum absolute atomic E-state index is 0.132. The number of carbonyl (C=O) groups is 1. The third-order valence-electron chi connectivity index (χ3n) is 6.07. The lowest BCUT2D eigenvalue weighted by atomic mass is 10.1. The molecule has 6 rings (SSSR count). The number of hydrogen-bond acceptors (Lipinski definition) is 6. The number of furan rings is 1. The largest absolute Gasteiger partial charge is 0.456 e. The standard InChI is InChI=1S/C25H17F2N5O4/c26-24(27)20-11-17(13-6-7-13)28-23-12-19(30-31(20)23)25(33)29-18-8-15(32(34)35)9-22-16(18)10-21(36-22)14-4-2-1-3-5-14/h1-5,8-13,24H,6-7H2,(H,29,33). The van der Waals surface area contributed by atoms with Gasteiger partial charge in [-0.05, 0) is 25.0 Å². The van der Waals surface area contributed by atoms with E-state index in [4.69, 9.17) is 4.42 Å². The van der Waals surface area contributed by atoms with E-state index >= 15 is 0 Å². The molecule has 1 N–H and O–H groups in total. The Morgan fingerprint density at radius 1 is 1.14 bits per heavy atom. The predicted molar refractivity (Wildman–Crippen MR) is 126 cm³/mol. The summed E-state index contributed by atoms with van der Waals surface area (Å²) in [6.07, 6.45) is -1.04. The van der Waals surface area contributed by atoms with Gasteiger partial charge in [-0.2, -0.15) is 5.10 Å². The van der Waals surface area contributed by atoms with Gasteiger partial charge in [-0.1, -0.05) is 30.3 Å². The molecule has 0 aliphatic heterocycles. The summed E-state index contributed by atoms with van der Waals surface area (Å²) >= 11 is 0. The summed E-state index contributed by atoms with van der Waals surface area (Å²) in [5, 5.41) is 18.6. The van der Waals surface area contributed by atoms with Gasteiger partial charge in [-0.15, -0.1) is 0 Å². The van der Waals surface area contributed by atoms with E-state index in [9.17, 15) is 23.7 Å². The maximum absolute atomic E-state index is 13.7. The molecule has 1 aliphatic rings. The maximum Gasteiger partial charge on any atom is 0.280 e. The second-order valence-electron chi connectivity index (χ2n) is 8.57. The summed E-state index contributed by atoms with van der Waals surface area (Å²) in [5.41, 5.74) is 1.01. The Hall–Kier alpha value is -4.67. The van der Waals surface area contributed by atoms with E-state index < -0.39 is 17.3 Å². The summed E-state index contributed by atoms with van der Waals surface area (Å²) < 4.78 is 34.2. The van der Waals surface area contributed by atoms with Crippen molar-refractivity contribution in [3.63, 3.8) is 0 Å². The van der Waals surface area contributed by atoms with Gasteiger partial charge < -0.3 is 9.73 Å². The molecule has 0 saturated heterocycles. The fourth-order valence-corrected chi connectivity index (χ4v) is 4.14. The van der Waals surface area contributed by atoms with Crippen molar-refractivity contribution in [3.8, 4) is 11.3 Å². The average Bonchev–Trinajstić information content (AvgIpc) is 3.47. The molecule has 3 heterocycles. The van der Waals surface area contributed by atoms with Crippen LogP contribution in [0, 0.1) is 10.1 Å². The van der Waals surface area contributed by atoms with Gasteiger partial charge in [0, 0.05) is 34.7 Å². The number of benzene rings is 2. The van der Waals surface area contributed by atoms with Gasteiger partial charge in [-0.25, -0.2) is 18.3 Å². The van der Waals surface area contributed by atoms with Gasteiger partial charge in [-0.3, -0.25) is 14.9 Å². The predicted octanol–water partition coefficient (Wildman–Crippen LogP) is 6.12. The van der Waals surface area contributed by atoms with Crippen LogP contribution in [0.4, 0.5) is 20.2 Å². The molecule has 1 aliphatic carbocycles. The van der Waals surface area contributed by atoms with Gasteiger partial charge >= 0.3 is 0 Å². The van der Waals surface area contributed by atoms with Crippen LogP contribution < -0.4 is 5.32 Å². The molecular weight excluding hydrogens is 472 g/mol. The van der Waals surface area contributed by atoms with Gasteiger partial charge in [0.15, 0.2) is 11.3 Å². The Morgan fingerprint density at radius 3 is 2.61 bits per heavy atom. The smallest absolute Gasteiger partial charge is 0.280 e. The molecule has 3 aromatic heterocycles. The average molecular weight is 489 g/mol. The Kier molecular flexibility index (Phi) is 4.99. The number of carbonyl (C=O) groups excluding carboxylic acids is 1. The van der Waals surface area contributed by atoms with Crippen molar-refractivity contribution < 1.29 is 22.9 Å².